The molecule has 1 fully saturated rings. The topological polar surface area (TPSA) is 82.1 Å². The van der Waals surface area contributed by atoms with Crippen LogP contribution in [0.3, 0.4) is 0 Å². The average Bonchev–Trinajstić information content (AvgIpc) is 2.34. The summed E-state index contributed by atoms with van der Waals surface area (Å²) in [6, 6.07) is 0. The van der Waals surface area contributed by atoms with E-state index in [1.165, 1.54) is 0 Å². The number of alkyl carbamates (subject to hydrolysis) is 1. The molecule has 0 saturated carbocycles. The van der Waals surface area contributed by atoms with Gasteiger partial charge in [-0.15, -0.1) is 0 Å². The molecule has 0 spiro atoms. The van der Waals surface area contributed by atoms with E-state index in [9.17, 15) is 14.7 Å². The second-order valence-electron chi connectivity index (χ2n) is 7.56. The van der Waals surface area contributed by atoms with Crippen LogP contribution in [0.5, 0.6) is 0 Å². The van der Waals surface area contributed by atoms with Crippen molar-refractivity contribution < 1.29 is 19.4 Å². The van der Waals surface area contributed by atoms with Crippen molar-refractivity contribution in [2.24, 2.45) is 0 Å². The van der Waals surface area contributed by atoms with E-state index in [2.05, 4.69) is 5.32 Å². The van der Waals surface area contributed by atoms with Crippen molar-refractivity contribution >= 4 is 12.0 Å². The Morgan fingerprint density at radius 1 is 1.35 bits per heavy atom. The smallest absolute Gasteiger partial charge is 0.407 e. The molecule has 0 bridgehead atoms. The Hall–Kier alpha value is -1.34. The maximum atomic E-state index is 12.2. The van der Waals surface area contributed by atoms with E-state index in [4.69, 9.17) is 4.74 Å². The third-order valence-electron chi connectivity index (χ3n) is 3.53. The largest absolute Gasteiger partial charge is 0.444 e. The van der Waals surface area contributed by atoms with Crippen molar-refractivity contribution in [3.05, 3.63) is 0 Å². The number of piperidine rings is 1. The number of carbonyl (C=O) groups excluding carboxylic acids is 2. The minimum absolute atomic E-state index is 0.0575. The normalized spacial score (nSPS) is 22.1. The highest BCUT2D eigenvalue weighted by molar-refractivity contribution is 5.77. The number of rotatable bonds is 5. The number of aliphatic hydroxyl groups is 1. The summed E-state index contributed by atoms with van der Waals surface area (Å²) in [5, 5.41) is 13.2. The van der Waals surface area contributed by atoms with Gasteiger partial charge in [-0.1, -0.05) is 0 Å². The van der Waals surface area contributed by atoms with Gasteiger partial charge in [-0.05, 0) is 47.7 Å². The van der Waals surface area contributed by atoms with Crippen LogP contribution in [0.15, 0.2) is 0 Å². The first kappa shape index (κ1) is 19.7. The van der Waals surface area contributed by atoms with Gasteiger partial charge in [0.25, 0.3) is 0 Å². The van der Waals surface area contributed by atoms with Crippen LogP contribution in [-0.4, -0.2) is 78.4 Å². The molecule has 23 heavy (non-hydrogen) atoms. The summed E-state index contributed by atoms with van der Waals surface area (Å²) in [5.74, 6) is -0.0575. The molecule has 1 heterocycles. The van der Waals surface area contributed by atoms with E-state index in [0.29, 0.717) is 26.1 Å². The maximum absolute atomic E-state index is 12.2. The van der Waals surface area contributed by atoms with Crippen LogP contribution in [0.2, 0.25) is 0 Å². The predicted molar refractivity (Wildman–Crippen MR) is 88.2 cm³/mol. The van der Waals surface area contributed by atoms with Crippen molar-refractivity contribution in [2.45, 2.75) is 51.2 Å². The number of hydrogen-bond donors (Lipinski definition) is 2. The van der Waals surface area contributed by atoms with Gasteiger partial charge < -0.3 is 25.0 Å². The summed E-state index contributed by atoms with van der Waals surface area (Å²) in [6.45, 7) is 7.13. The number of nitrogens with one attached hydrogen (secondary N) is 1. The van der Waals surface area contributed by atoms with Gasteiger partial charge >= 0.3 is 6.09 Å². The van der Waals surface area contributed by atoms with Gasteiger partial charge in [-0.25, -0.2) is 4.79 Å². The molecule has 0 aromatic heterocycles. The second-order valence-corrected chi connectivity index (χ2v) is 7.56. The van der Waals surface area contributed by atoms with Crippen molar-refractivity contribution in [3.8, 4) is 0 Å². The minimum atomic E-state index is -0.851. The molecule has 0 aromatic rings. The first-order valence-electron chi connectivity index (χ1n) is 8.12. The Morgan fingerprint density at radius 2 is 2.00 bits per heavy atom. The predicted octanol–water partition coefficient (Wildman–Crippen LogP) is 0.816. The second kappa shape index (κ2) is 7.97. The molecule has 0 aliphatic carbocycles. The fourth-order valence-corrected chi connectivity index (χ4v) is 2.79. The molecule has 1 atom stereocenters. The molecule has 7 heteroatoms. The highest BCUT2D eigenvalue weighted by atomic mass is 16.6. The minimum Gasteiger partial charge on any atom is -0.444 e. The number of likely N-dealkylation sites (N-methyl/N-ethyl adjacent to an activating group) is 1. The third kappa shape index (κ3) is 7.65. The highest BCUT2D eigenvalue weighted by Crippen LogP contribution is 2.22. The summed E-state index contributed by atoms with van der Waals surface area (Å²) in [6.07, 6.45) is 1.17. The molecule has 1 saturated heterocycles. The first-order chi connectivity index (χ1) is 10.5. The average molecular weight is 329 g/mol. The molecule has 134 valence electrons. The number of hydrogen-bond acceptors (Lipinski definition) is 5. The summed E-state index contributed by atoms with van der Waals surface area (Å²) in [4.78, 5) is 27.4. The van der Waals surface area contributed by atoms with Crippen LogP contribution in [0.4, 0.5) is 4.79 Å². The number of amides is 2. The summed E-state index contributed by atoms with van der Waals surface area (Å²) in [5.41, 5.74) is -1.40. The number of nitrogens with zero attached hydrogens (tertiary/aromatic N) is 2. The van der Waals surface area contributed by atoms with Gasteiger partial charge in [0.2, 0.25) is 5.91 Å². The molecule has 7 nitrogen and oxygen atoms in total. The molecular formula is C16H31N3O4. The fraction of sp³-hybridized carbons (Fsp3) is 0.875. The van der Waals surface area contributed by atoms with E-state index < -0.39 is 17.3 Å². The van der Waals surface area contributed by atoms with Gasteiger partial charge in [-0.3, -0.25) is 4.79 Å². The van der Waals surface area contributed by atoms with Gasteiger partial charge in [0, 0.05) is 26.1 Å². The van der Waals surface area contributed by atoms with Gasteiger partial charge in [0.1, 0.15) is 5.60 Å². The zero-order valence-electron chi connectivity index (χ0n) is 15.0. The van der Waals surface area contributed by atoms with Crippen molar-refractivity contribution in [1.82, 2.24) is 15.1 Å². The van der Waals surface area contributed by atoms with Crippen molar-refractivity contribution in [3.63, 3.8) is 0 Å². The molecule has 0 unspecified atom stereocenters. The Labute approximate surface area is 139 Å². The van der Waals surface area contributed by atoms with Crippen LogP contribution in [0.1, 0.15) is 40.0 Å². The number of β-amino-alcohol motifs (C(OH)–C–C–N with tert-alkyl or cyclic N) is 1. The zero-order chi connectivity index (χ0) is 17.7. The van der Waals surface area contributed by atoms with E-state index in [1.807, 2.05) is 19.0 Å². The van der Waals surface area contributed by atoms with E-state index in [-0.39, 0.29) is 18.9 Å². The van der Waals surface area contributed by atoms with Gasteiger partial charge in [0.05, 0.1) is 12.1 Å². The quantitative estimate of drug-likeness (QED) is 0.780. The van der Waals surface area contributed by atoms with Crippen LogP contribution in [0, 0.1) is 0 Å². The fourth-order valence-electron chi connectivity index (χ4n) is 2.79. The molecule has 1 aliphatic heterocycles. The van der Waals surface area contributed by atoms with Crippen LogP contribution in [0.25, 0.3) is 0 Å². The maximum Gasteiger partial charge on any atom is 0.407 e. The standard InChI is InChI=1S/C16H31N3O4/c1-15(2,3)23-14(21)17-9-7-13(20)19-10-6-8-16(22,12-19)11-18(4)5/h22H,6-12H2,1-5H3,(H,17,21)/t16-/m1/s1. The lowest BCUT2D eigenvalue weighted by molar-refractivity contribution is -0.139. The van der Waals surface area contributed by atoms with Crippen molar-refractivity contribution in [2.75, 3.05) is 40.3 Å². The number of carbonyl (C=O) groups is 2. The summed E-state index contributed by atoms with van der Waals surface area (Å²) < 4.78 is 5.12. The SMILES string of the molecule is CN(C)C[C@]1(O)CCCN(C(=O)CCNC(=O)OC(C)(C)C)C1. The lowest BCUT2D eigenvalue weighted by Gasteiger charge is -2.40. The number of likely N-dealkylation sites (tertiary alicyclic amines) is 1. The third-order valence-corrected chi connectivity index (χ3v) is 3.53. The molecular weight excluding hydrogens is 298 g/mol. The molecule has 2 N–H and O–H groups in total. The zero-order valence-corrected chi connectivity index (χ0v) is 15.0. The molecule has 1 aliphatic rings. The van der Waals surface area contributed by atoms with Gasteiger partial charge in [-0.2, -0.15) is 0 Å². The first-order valence-corrected chi connectivity index (χ1v) is 8.12. The molecule has 1 rings (SSSR count). The van der Waals surface area contributed by atoms with Crippen LogP contribution < -0.4 is 5.32 Å². The van der Waals surface area contributed by atoms with Gasteiger partial charge in [0.15, 0.2) is 0 Å². The Kier molecular flexibility index (Phi) is 6.83. The lowest BCUT2D eigenvalue weighted by Crippen LogP contribution is -2.55. The summed E-state index contributed by atoms with van der Waals surface area (Å²) >= 11 is 0. The summed E-state index contributed by atoms with van der Waals surface area (Å²) in [7, 11) is 3.81. The lowest BCUT2D eigenvalue weighted by atomic mass is 9.92. The van der Waals surface area contributed by atoms with E-state index in [0.717, 1.165) is 6.42 Å². The van der Waals surface area contributed by atoms with E-state index >= 15 is 0 Å². The Balaban J connectivity index is 2.38. The molecule has 0 aromatic carbocycles. The highest BCUT2D eigenvalue weighted by Gasteiger charge is 2.35. The van der Waals surface area contributed by atoms with Crippen LogP contribution in [-0.2, 0) is 9.53 Å². The van der Waals surface area contributed by atoms with Crippen LogP contribution >= 0.6 is 0 Å². The Morgan fingerprint density at radius 3 is 2.57 bits per heavy atom. The molecule has 2 amide bonds. The number of ether oxygens (including phenoxy) is 1. The molecule has 0 radical (unpaired) electrons. The van der Waals surface area contributed by atoms with Crippen molar-refractivity contribution in [1.29, 1.82) is 0 Å². The monoisotopic (exact) mass is 329 g/mol. The van der Waals surface area contributed by atoms with E-state index in [1.54, 1.807) is 25.7 Å². The Bertz CT molecular complexity index is 420.